The number of amides is 1. The third-order valence-corrected chi connectivity index (χ3v) is 5.47. The molecule has 0 aliphatic heterocycles. The zero-order valence-corrected chi connectivity index (χ0v) is 16.2. The lowest BCUT2D eigenvalue weighted by atomic mass is 10.1. The third-order valence-electron chi connectivity index (χ3n) is 3.59. The van der Waals surface area contributed by atoms with Gasteiger partial charge in [-0.2, -0.15) is 0 Å². The molecule has 2 heterocycles. The summed E-state index contributed by atoms with van der Waals surface area (Å²) in [6.07, 6.45) is -0.948. The van der Waals surface area contributed by atoms with Crippen LogP contribution in [0.15, 0.2) is 47.2 Å². The van der Waals surface area contributed by atoms with Crippen LogP contribution in [0.5, 0.6) is 0 Å². The van der Waals surface area contributed by atoms with Crippen molar-refractivity contribution in [1.82, 2.24) is 4.98 Å². The molecule has 1 N–H and O–H groups in total. The minimum absolute atomic E-state index is 0.184. The van der Waals surface area contributed by atoms with Gasteiger partial charge >= 0.3 is 5.97 Å². The summed E-state index contributed by atoms with van der Waals surface area (Å²) < 4.78 is 5.27. The quantitative estimate of drug-likeness (QED) is 0.494. The van der Waals surface area contributed by atoms with Crippen LogP contribution in [0, 0.1) is 0 Å². The molecule has 2 aromatic heterocycles. The van der Waals surface area contributed by atoms with Crippen molar-refractivity contribution in [3.63, 3.8) is 0 Å². The summed E-state index contributed by atoms with van der Waals surface area (Å²) in [7, 11) is 0. The van der Waals surface area contributed by atoms with Gasteiger partial charge < -0.3 is 10.1 Å². The molecule has 0 saturated carbocycles. The average Bonchev–Trinajstić information content (AvgIpc) is 3.32. The van der Waals surface area contributed by atoms with Crippen molar-refractivity contribution in [3.8, 4) is 9.88 Å². The predicted octanol–water partition coefficient (Wildman–Crippen LogP) is 4.26. The molecule has 8 heteroatoms. The van der Waals surface area contributed by atoms with Crippen molar-refractivity contribution in [1.29, 1.82) is 0 Å². The van der Waals surface area contributed by atoms with Gasteiger partial charge in [0.15, 0.2) is 11.8 Å². The maximum atomic E-state index is 12.5. The lowest BCUT2D eigenvalue weighted by molar-refractivity contribution is -0.114. The zero-order valence-electron chi connectivity index (χ0n) is 14.6. The molecule has 27 heavy (non-hydrogen) atoms. The molecule has 1 atom stereocenters. The number of thiazole rings is 1. The van der Waals surface area contributed by atoms with E-state index >= 15 is 0 Å². The van der Waals surface area contributed by atoms with Crippen LogP contribution in [-0.4, -0.2) is 28.7 Å². The molecule has 3 aromatic rings. The molecule has 0 aliphatic carbocycles. The highest BCUT2D eigenvalue weighted by atomic mass is 32.1. The second-order valence-corrected chi connectivity index (χ2v) is 7.49. The highest BCUT2D eigenvalue weighted by molar-refractivity contribution is 7.20. The number of nitrogens with zero attached hydrogens (tertiary/aromatic N) is 1. The van der Waals surface area contributed by atoms with Crippen LogP contribution in [-0.2, 0) is 9.53 Å². The van der Waals surface area contributed by atoms with E-state index in [1.54, 1.807) is 29.6 Å². The fourth-order valence-corrected chi connectivity index (χ4v) is 3.91. The third kappa shape index (κ3) is 4.66. The maximum absolute atomic E-state index is 12.5. The number of hydrogen-bond donors (Lipinski definition) is 1. The van der Waals surface area contributed by atoms with Crippen molar-refractivity contribution in [2.75, 3.05) is 5.32 Å². The van der Waals surface area contributed by atoms with Gasteiger partial charge in [-0.1, -0.05) is 6.07 Å². The number of carbonyl (C=O) groups is 3. The number of Topliss-reactive ketones (excluding diaryl/α,β-unsaturated/α-hetero) is 1. The lowest BCUT2D eigenvalue weighted by Gasteiger charge is -2.12. The van der Waals surface area contributed by atoms with E-state index in [1.807, 2.05) is 17.5 Å². The van der Waals surface area contributed by atoms with Crippen molar-refractivity contribution >= 4 is 46.0 Å². The first-order chi connectivity index (χ1) is 12.9. The molecule has 0 unspecified atom stereocenters. The molecule has 138 valence electrons. The van der Waals surface area contributed by atoms with Crippen LogP contribution in [0.1, 0.15) is 34.7 Å². The van der Waals surface area contributed by atoms with Crippen molar-refractivity contribution < 1.29 is 19.1 Å². The normalized spacial score (nSPS) is 11.6. The summed E-state index contributed by atoms with van der Waals surface area (Å²) in [4.78, 5) is 41.0. The number of carbonyl (C=O) groups excluding carboxylic acids is 3. The van der Waals surface area contributed by atoms with E-state index in [0.717, 1.165) is 9.88 Å². The first-order valence-electron chi connectivity index (χ1n) is 8.06. The molecule has 0 radical (unpaired) electrons. The van der Waals surface area contributed by atoms with E-state index in [1.165, 1.54) is 36.5 Å². The van der Waals surface area contributed by atoms with Gasteiger partial charge in [-0.25, -0.2) is 9.78 Å². The first kappa shape index (κ1) is 18.9. The van der Waals surface area contributed by atoms with Gasteiger partial charge in [0.2, 0.25) is 11.7 Å². The van der Waals surface area contributed by atoms with Crippen LogP contribution >= 0.6 is 22.7 Å². The smallest absolute Gasteiger partial charge is 0.358 e. The summed E-state index contributed by atoms with van der Waals surface area (Å²) in [5.74, 6) is -1.15. The van der Waals surface area contributed by atoms with E-state index < -0.39 is 12.1 Å². The average molecular weight is 400 g/mol. The zero-order chi connectivity index (χ0) is 19.4. The monoisotopic (exact) mass is 400 g/mol. The summed E-state index contributed by atoms with van der Waals surface area (Å²) in [6.45, 7) is 2.93. The standard InChI is InChI=1S/C19H16N2O4S2/c1-11(17(23)13-5-7-14(8-6-13)20-12(2)22)25-19(24)15-10-27-18(21-15)16-4-3-9-26-16/h3-11H,1-2H3,(H,20,22)/t11-/m1/s1. The van der Waals surface area contributed by atoms with Gasteiger partial charge in [-0.15, -0.1) is 22.7 Å². The summed E-state index contributed by atoms with van der Waals surface area (Å²) in [5, 5.41) is 6.93. The number of aromatic nitrogens is 1. The van der Waals surface area contributed by atoms with Crippen LogP contribution in [0.3, 0.4) is 0 Å². The summed E-state index contributed by atoms with van der Waals surface area (Å²) >= 11 is 2.89. The fourth-order valence-electron chi connectivity index (χ4n) is 2.31. The molecule has 0 saturated heterocycles. The molecular weight excluding hydrogens is 384 g/mol. The molecule has 3 rings (SSSR count). The fraction of sp³-hybridized carbons (Fsp3) is 0.158. The molecule has 0 bridgehead atoms. The summed E-state index contributed by atoms with van der Waals surface area (Å²) in [6, 6.07) is 10.2. The second-order valence-electron chi connectivity index (χ2n) is 5.69. The minimum atomic E-state index is -0.948. The van der Waals surface area contributed by atoms with Crippen molar-refractivity contribution in [3.05, 3.63) is 58.4 Å². The van der Waals surface area contributed by atoms with E-state index in [4.69, 9.17) is 4.74 Å². The molecule has 1 amide bonds. The number of hydrogen-bond acceptors (Lipinski definition) is 7. The van der Waals surface area contributed by atoms with Crippen LogP contribution in [0.2, 0.25) is 0 Å². The number of thiophene rings is 1. The Hall–Kier alpha value is -2.84. The minimum Gasteiger partial charge on any atom is -0.450 e. The molecule has 0 fully saturated rings. The Morgan fingerprint density at radius 1 is 1.11 bits per heavy atom. The number of nitrogens with one attached hydrogen (secondary N) is 1. The number of rotatable bonds is 6. The van der Waals surface area contributed by atoms with E-state index in [-0.39, 0.29) is 17.4 Å². The van der Waals surface area contributed by atoms with Gasteiger partial charge in [-0.3, -0.25) is 9.59 Å². The van der Waals surface area contributed by atoms with Crippen LogP contribution in [0.4, 0.5) is 5.69 Å². The van der Waals surface area contributed by atoms with Gasteiger partial charge in [0.05, 0.1) is 4.88 Å². The number of benzene rings is 1. The summed E-state index contributed by atoms with van der Waals surface area (Å²) in [5.41, 5.74) is 1.17. The van der Waals surface area contributed by atoms with Crippen molar-refractivity contribution in [2.24, 2.45) is 0 Å². The molecular formula is C19H16N2O4S2. The molecule has 6 nitrogen and oxygen atoms in total. The predicted molar refractivity (Wildman–Crippen MR) is 105 cm³/mol. The Balaban J connectivity index is 1.64. The van der Waals surface area contributed by atoms with Gasteiger partial charge in [0.25, 0.3) is 0 Å². The van der Waals surface area contributed by atoms with Gasteiger partial charge in [0, 0.05) is 23.6 Å². The van der Waals surface area contributed by atoms with Gasteiger partial charge in [0.1, 0.15) is 5.01 Å². The Bertz CT molecular complexity index is 962. The number of ketones is 1. The Morgan fingerprint density at radius 2 is 1.85 bits per heavy atom. The van der Waals surface area contributed by atoms with Gasteiger partial charge in [-0.05, 0) is 42.6 Å². The van der Waals surface area contributed by atoms with E-state index in [9.17, 15) is 14.4 Å². The Morgan fingerprint density at radius 3 is 2.48 bits per heavy atom. The Labute approximate surface area is 163 Å². The Kier molecular flexibility index (Phi) is 5.78. The highest BCUT2D eigenvalue weighted by Crippen LogP contribution is 2.28. The SMILES string of the molecule is CC(=O)Nc1ccc(C(=O)[C@@H](C)OC(=O)c2csc(-c3cccs3)n2)cc1. The van der Waals surface area contributed by atoms with Crippen LogP contribution < -0.4 is 5.32 Å². The number of ether oxygens (including phenoxy) is 1. The number of anilines is 1. The largest absolute Gasteiger partial charge is 0.450 e. The molecule has 0 aliphatic rings. The maximum Gasteiger partial charge on any atom is 0.358 e. The first-order valence-corrected chi connectivity index (χ1v) is 9.82. The van der Waals surface area contributed by atoms with E-state index in [0.29, 0.717) is 11.3 Å². The molecule has 0 spiro atoms. The van der Waals surface area contributed by atoms with Crippen molar-refractivity contribution in [2.45, 2.75) is 20.0 Å². The topological polar surface area (TPSA) is 85.4 Å². The molecule has 1 aromatic carbocycles. The second kappa shape index (κ2) is 8.24. The lowest BCUT2D eigenvalue weighted by Crippen LogP contribution is -2.24. The van der Waals surface area contributed by atoms with Crippen LogP contribution in [0.25, 0.3) is 9.88 Å². The van der Waals surface area contributed by atoms with E-state index in [2.05, 4.69) is 10.3 Å². The highest BCUT2D eigenvalue weighted by Gasteiger charge is 2.22. The number of esters is 1.